The third-order valence-electron chi connectivity index (χ3n) is 3.58. The first kappa shape index (κ1) is 15.3. The normalized spacial score (nSPS) is 21.6. The molecule has 2 atom stereocenters. The van der Waals surface area contributed by atoms with Crippen molar-refractivity contribution >= 4 is 12.0 Å². The number of likely N-dealkylation sites (tertiary alicyclic amines) is 1. The molecule has 0 bridgehead atoms. The average molecular weight is 296 g/mol. The van der Waals surface area contributed by atoms with Gasteiger partial charge in [0.15, 0.2) is 0 Å². The van der Waals surface area contributed by atoms with Crippen molar-refractivity contribution in [3.05, 3.63) is 17.5 Å². The van der Waals surface area contributed by atoms with Crippen molar-refractivity contribution < 1.29 is 19.8 Å². The van der Waals surface area contributed by atoms with Crippen LogP contribution in [0.3, 0.4) is 0 Å². The van der Waals surface area contributed by atoms with Gasteiger partial charge in [-0.2, -0.15) is 5.10 Å². The molecule has 0 radical (unpaired) electrons. The zero-order chi connectivity index (χ0) is 15.6. The van der Waals surface area contributed by atoms with Gasteiger partial charge in [0.25, 0.3) is 0 Å². The maximum atomic E-state index is 12.1. The number of carboxylic acids is 1. The summed E-state index contributed by atoms with van der Waals surface area (Å²) < 4.78 is 1.68. The molecule has 21 heavy (non-hydrogen) atoms. The van der Waals surface area contributed by atoms with Gasteiger partial charge in [0.1, 0.15) is 6.04 Å². The van der Waals surface area contributed by atoms with Crippen molar-refractivity contribution in [2.45, 2.75) is 38.5 Å². The van der Waals surface area contributed by atoms with E-state index < -0.39 is 24.1 Å². The van der Waals surface area contributed by atoms with Gasteiger partial charge in [0.2, 0.25) is 0 Å². The van der Waals surface area contributed by atoms with Crippen LogP contribution in [-0.2, 0) is 24.8 Å². The van der Waals surface area contributed by atoms with Gasteiger partial charge in [-0.25, -0.2) is 9.59 Å². The Labute approximate surface area is 122 Å². The van der Waals surface area contributed by atoms with Crippen LogP contribution in [0.25, 0.3) is 0 Å². The number of aliphatic hydroxyl groups is 1. The van der Waals surface area contributed by atoms with Crippen molar-refractivity contribution in [1.82, 2.24) is 20.0 Å². The summed E-state index contributed by atoms with van der Waals surface area (Å²) in [5.74, 6) is -1.10. The number of aliphatic hydroxyl groups excluding tert-OH is 1. The molecule has 8 nitrogen and oxygen atoms in total. The van der Waals surface area contributed by atoms with E-state index in [9.17, 15) is 14.7 Å². The number of hydrogen-bond donors (Lipinski definition) is 3. The maximum absolute atomic E-state index is 12.1. The molecule has 1 aromatic heterocycles. The number of aryl methyl sites for hydroxylation is 2. The molecule has 1 aliphatic rings. The number of β-amino-alcohol motifs (C(OH)–C–C–N with tert-alkyl or cyclic N) is 1. The van der Waals surface area contributed by atoms with Gasteiger partial charge in [-0.05, 0) is 6.42 Å². The summed E-state index contributed by atoms with van der Waals surface area (Å²) in [6, 6.07) is -1.45. The van der Waals surface area contributed by atoms with Gasteiger partial charge in [-0.15, -0.1) is 0 Å². The van der Waals surface area contributed by atoms with Crippen LogP contribution in [0.4, 0.5) is 4.79 Å². The Kier molecular flexibility index (Phi) is 4.46. The average Bonchev–Trinajstić information content (AvgIpc) is 2.98. The summed E-state index contributed by atoms with van der Waals surface area (Å²) in [6.07, 6.45) is 1.86. The Balaban J connectivity index is 1.99. The molecule has 0 aliphatic carbocycles. The summed E-state index contributed by atoms with van der Waals surface area (Å²) in [5, 5.41) is 25.6. The Bertz CT molecular complexity index is 542. The molecule has 0 saturated carbocycles. The molecule has 116 valence electrons. The number of aliphatic carboxylic acids is 1. The van der Waals surface area contributed by atoms with Crippen LogP contribution in [0.2, 0.25) is 0 Å². The van der Waals surface area contributed by atoms with Gasteiger partial charge >= 0.3 is 12.0 Å². The van der Waals surface area contributed by atoms with Gasteiger partial charge in [-0.3, -0.25) is 4.68 Å². The number of aromatic nitrogens is 2. The van der Waals surface area contributed by atoms with E-state index in [0.717, 1.165) is 22.6 Å². The highest BCUT2D eigenvalue weighted by molar-refractivity contribution is 5.83. The van der Waals surface area contributed by atoms with Crippen LogP contribution in [0.1, 0.15) is 24.6 Å². The first-order valence-corrected chi connectivity index (χ1v) is 6.89. The molecular weight excluding hydrogens is 276 g/mol. The summed E-state index contributed by atoms with van der Waals surface area (Å²) in [7, 11) is 1.81. The number of nitrogens with one attached hydrogen (secondary N) is 1. The summed E-state index contributed by atoms with van der Waals surface area (Å²) in [4.78, 5) is 24.4. The molecule has 2 rings (SSSR count). The minimum absolute atomic E-state index is 0.0382. The van der Waals surface area contributed by atoms with Crippen molar-refractivity contribution in [1.29, 1.82) is 0 Å². The Morgan fingerprint density at radius 2 is 2.24 bits per heavy atom. The van der Waals surface area contributed by atoms with E-state index in [1.807, 2.05) is 20.2 Å². The largest absolute Gasteiger partial charge is 0.480 e. The second kappa shape index (κ2) is 6.13. The summed E-state index contributed by atoms with van der Waals surface area (Å²) in [5.41, 5.74) is 1.80. The van der Waals surface area contributed by atoms with E-state index in [1.54, 1.807) is 4.68 Å². The smallest absolute Gasteiger partial charge is 0.326 e. The zero-order valence-electron chi connectivity index (χ0n) is 12.1. The van der Waals surface area contributed by atoms with E-state index in [1.165, 1.54) is 0 Å². The fourth-order valence-corrected chi connectivity index (χ4v) is 2.57. The molecular formula is C13H20N4O4. The number of urea groups is 1. The second-order valence-electron chi connectivity index (χ2n) is 5.18. The lowest BCUT2D eigenvalue weighted by molar-refractivity contribution is -0.141. The van der Waals surface area contributed by atoms with E-state index in [4.69, 9.17) is 5.11 Å². The van der Waals surface area contributed by atoms with E-state index >= 15 is 0 Å². The predicted molar refractivity (Wildman–Crippen MR) is 73.6 cm³/mol. The van der Waals surface area contributed by atoms with Crippen molar-refractivity contribution in [2.75, 3.05) is 6.54 Å². The number of carbonyl (C=O) groups excluding carboxylic acids is 1. The number of amides is 2. The zero-order valence-corrected chi connectivity index (χ0v) is 12.1. The fraction of sp³-hybridized carbons (Fsp3) is 0.615. The molecule has 8 heteroatoms. The van der Waals surface area contributed by atoms with Crippen LogP contribution in [0, 0.1) is 0 Å². The number of carboxylic acid groups (broad SMARTS) is 1. The minimum atomic E-state index is -1.10. The first-order chi connectivity index (χ1) is 9.92. The van der Waals surface area contributed by atoms with Gasteiger partial charge < -0.3 is 20.4 Å². The Hall–Kier alpha value is -2.09. The van der Waals surface area contributed by atoms with Crippen molar-refractivity contribution in [3.8, 4) is 0 Å². The molecule has 0 aromatic carbocycles. The lowest BCUT2D eigenvalue weighted by Crippen LogP contribution is -2.46. The Morgan fingerprint density at radius 3 is 2.86 bits per heavy atom. The van der Waals surface area contributed by atoms with Gasteiger partial charge in [0, 0.05) is 38.3 Å². The lowest BCUT2D eigenvalue weighted by Gasteiger charge is -2.21. The van der Waals surface area contributed by atoms with Gasteiger partial charge in [0.05, 0.1) is 11.8 Å². The minimum Gasteiger partial charge on any atom is -0.480 e. The molecule has 1 aromatic rings. The first-order valence-electron chi connectivity index (χ1n) is 6.89. The van der Waals surface area contributed by atoms with Crippen molar-refractivity contribution in [3.63, 3.8) is 0 Å². The van der Waals surface area contributed by atoms with Gasteiger partial charge in [-0.1, -0.05) is 6.92 Å². The highest BCUT2D eigenvalue weighted by Crippen LogP contribution is 2.18. The fourth-order valence-electron chi connectivity index (χ4n) is 2.57. The van der Waals surface area contributed by atoms with Crippen LogP contribution in [0.5, 0.6) is 0 Å². The molecule has 2 unspecified atom stereocenters. The lowest BCUT2D eigenvalue weighted by atomic mass is 10.2. The number of carbonyl (C=O) groups is 2. The molecule has 1 aliphatic heterocycles. The third-order valence-corrected chi connectivity index (χ3v) is 3.58. The van der Waals surface area contributed by atoms with Crippen LogP contribution in [-0.4, -0.2) is 55.6 Å². The standard InChI is InChI=1S/C13H20N4O4/c1-3-10-8(6-16(2)15-10)5-14-13(21)17-7-9(18)4-11(17)12(19)20/h6,9,11,18H,3-5,7H2,1-2H3,(H,14,21)(H,19,20). The van der Waals surface area contributed by atoms with E-state index in [2.05, 4.69) is 10.4 Å². The highest BCUT2D eigenvalue weighted by Gasteiger charge is 2.38. The van der Waals surface area contributed by atoms with Crippen LogP contribution in [0.15, 0.2) is 6.20 Å². The van der Waals surface area contributed by atoms with Crippen LogP contribution >= 0.6 is 0 Å². The highest BCUT2D eigenvalue weighted by atomic mass is 16.4. The number of hydrogen-bond acceptors (Lipinski definition) is 4. The molecule has 0 spiro atoms. The molecule has 2 amide bonds. The SMILES string of the molecule is CCc1nn(C)cc1CNC(=O)N1CC(O)CC1C(=O)O. The number of rotatable bonds is 4. The van der Waals surface area contributed by atoms with E-state index in [0.29, 0.717) is 0 Å². The molecule has 1 saturated heterocycles. The Morgan fingerprint density at radius 1 is 1.52 bits per heavy atom. The van der Waals surface area contributed by atoms with Crippen LogP contribution < -0.4 is 5.32 Å². The molecule has 1 fully saturated rings. The topological polar surface area (TPSA) is 108 Å². The van der Waals surface area contributed by atoms with Crippen molar-refractivity contribution in [2.24, 2.45) is 7.05 Å². The predicted octanol–water partition coefficient (Wildman–Crippen LogP) is -0.288. The second-order valence-corrected chi connectivity index (χ2v) is 5.18. The monoisotopic (exact) mass is 296 g/mol. The third kappa shape index (κ3) is 3.33. The molecule has 2 heterocycles. The number of nitrogens with zero attached hydrogens (tertiary/aromatic N) is 3. The maximum Gasteiger partial charge on any atom is 0.326 e. The summed E-state index contributed by atoms with van der Waals surface area (Å²) >= 11 is 0. The quantitative estimate of drug-likeness (QED) is 0.708. The summed E-state index contributed by atoms with van der Waals surface area (Å²) in [6.45, 7) is 2.30. The molecule has 3 N–H and O–H groups in total. The van der Waals surface area contributed by atoms with E-state index in [-0.39, 0.29) is 19.5 Å².